The molecule has 1 aromatic carbocycles. The number of rotatable bonds is 3. The molecule has 7 heteroatoms. The van der Waals surface area contributed by atoms with Gasteiger partial charge in [0.1, 0.15) is 0 Å². The van der Waals surface area contributed by atoms with Crippen LogP contribution >= 0.6 is 22.9 Å². The molecule has 2 aromatic heterocycles. The Balaban J connectivity index is 1.89. The fourth-order valence-corrected chi connectivity index (χ4v) is 2.12. The molecule has 100 valence electrons. The van der Waals surface area contributed by atoms with Gasteiger partial charge in [0.15, 0.2) is 5.69 Å². The van der Waals surface area contributed by atoms with Gasteiger partial charge < -0.3 is 9.52 Å². The Morgan fingerprint density at radius 2 is 2.10 bits per heavy atom. The number of halogens is 1. The van der Waals surface area contributed by atoms with E-state index in [9.17, 15) is 5.11 Å². The molecule has 0 aliphatic carbocycles. The average molecular weight is 306 g/mol. The zero-order chi connectivity index (χ0) is 13.9. The third-order valence-corrected chi connectivity index (χ3v) is 3.37. The molecular formula is C13H8ClN3O2S. The number of hydrogen-bond donors (Lipinski definition) is 1. The summed E-state index contributed by atoms with van der Waals surface area (Å²) in [6.45, 7) is 0. The molecule has 1 N–H and O–H groups in total. The van der Waals surface area contributed by atoms with Crippen LogP contribution in [0, 0.1) is 0 Å². The minimum absolute atomic E-state index is 0.255. The van der Waals surface area contributed by atoms with Crippen molar-refractivity contribution in [2.24, 2.45) is 4.99 Å². The van der Waals surface area contributed by atoms with Crippen LogP contribution in [0.3, 0.4) is 0 Å². The summed E-state index contributed by atoms with van der Waals surface area (Å²) in [6, 6.07) is 6.97. The lowest BCUT2D eigenvalue weighted by molar-refractivity contribution is 0.337. The first-order valence-corrected chi connectivity index (χ1v) is 6.87. The van der Waals surface area contributed by atoms with Gasteiger partial charge in [-0.05, 0) is 24.3 Å². The summed E-state index contributed by atoms with van der Waals surface area (Å²) >= 11 is 7.20. The van der Waals surface area contributed by atoms with Gasteiger partial charge in [-0.25, -0.2) is 15.0 Å². The Morgan fingerprint density at radius 1 is 1.30 bits per heavy atom. The largest absolute Gasteiger partial charge is 0.479 e. The van der Waals surface area contributed by atoms with E-state index >= 15 is 0 Å². The Bertz CT molecular complexity index is 736. The number of thiazole rings is 1. The average Bonchev–Trinajstić information content (AvgIpc) is 3.07. The van der Waals surface area contributed by atoms with Crippen molar-refractivity contribution in [2.75, 3.05) is 0 Å². The summed E-state index contributed by atoms with van der Waals surface area (Å²) in [5.41, 5.74) is 0.976. The predicted octanol–water partition coefficient (Wildman–Crippen LogP) is 3.91. The highest BCUT2D eigenvalue weighted by atomic mass is 35.5. The second-order valence-corrected chi connectivity index (χ2v) is 5.10. The standard InChI is InChI=1S/C13H8ClN3O2S/c14-9-3-1-8(2-4-9)11-17-10(12(18)19-11)7-16-13-15-5-6-20-13/h1-7,18H. The minimum atomic E-state index is -0.282. The number of oxazole rings is 1. The van der Waals surface area contributed by atoms with Gasteiger partial charge in [-0.3, -0.25) is 0 Å². The molecule has 0 bridgehead atoms. The van der Waals surface area contributed by atoms with E-state index in [0.29, 0.717) is 16.0 Å². The number of aromatic nitrogens is 2. The number of nitrogens with zero attached hydrogens (tertiary/aromatic N) is 3. The fraction of sp³-hybridized carbons (Fsp3) is 0. The molecule has 0 atom stereocenters. The molecule has 0 aliphatic rings. The fourth-order valence-electron chi connectivity index (χ4n) is 1.52. The third-order valence-electron chi connectivity index (χ3n) is 2.44. The first-order valence-electron chi connectivity index (χ1n) is 5.61. The molecule has 0 fully saturated rings. The molecule has 0 spiro atoms. The van der Waals surface area contributed by atoms with Crippen molar-refractivity contribution in [1.29, 1.82) is 0 Å². The van der Waals surface area contributed by atoms with E-state index in [0.717, 1.165) is 5.56 Å². The molecule has 0 unspecified atom stereocenters. The molecule has 2 heterocycles. The Labute approximate surface area is 123 Å². The Hall–Kier alpha value is -2.18. The lowest BCUT2D eigenvalue weighted by atomic mass is 10.2. The summed E-state index contributed by atoms with van der Waals surface area (Å²) in [4.78, 5) is 12.3. The van der Waals surface area contributed by atoms with E-state index in [2.05, 4.69) is 15.0 Å². The molecular weight excluding hydrogens is 298 g/mol. The zero-order valence-corrected chi connectivity index (χ0v) is 11.6. The number of benzene rings is 1. The third kappa shape index (κ3) is 2.71. The Kier molecular flexibility index (Phi) is 3.49. The van der Waals surface area contributed by atoms with Crippen LogP contribution in [-0.2, 0) is 0 Å². The molecule has 0 amide bonds. The molecule has 3 rings (SSSR count). The quantitative estimate of drug-likeness (QED) is 0.745. The molecule has 0 radical (unpaired) electrons. The van der Waals surface area contributed by atoms with Crippen LogP contribution in [0.25, 0.3) is 11.5 Å². The summed E-state index contributed by atoms with van der Waals surface area (Å²) < 4.78 is 5.20. The van der Waals surface area contributed by atoms with Gasteiger partial charge in [-0.1, -0.05) is 11.6 Å². The number of aromatic hydroxyl groups is 1. The minimum Gasteiger partial charge on any atom is -0.479 e. The van der Waals surface area contributed by atoms with Crippen molar-refractivity contribution in [2.45, 2.75) is 0 Å². The molecule has 20 heavy (non-hydrogen) atoms. The topological polar surface area (TPSA) is 71.5 Å². The van der Waals surface area contributed by atoms with Gasteiger partial charge in [-0.15, -0.1) is 11.3 Å². The van der Waals surface area contributed by atoms with E-state index < -0.39 is 0 Å². The van der Waals surface area contributed by atoms with Gasteiger partial charge in [0.2, 0.25) is 11.0 Å². The SMILES string of the molecule is Oc1oc(-c2ccc(Cl)cc2)nc1C=Nc1nccs1. The maximum absolute atomic E-state index is 9.71. The van der Waals surface area contributed by atoms with E-state index in [1.807, 2.05) is 5.38 Å². The van der Waals surface area contributed by atoms with Gasteiger partial charge in [0.05, 0.1) is 6.21 Å². The first kappa shape index (κ1) is 12.8. The highest BCUT2D eigenvalue weighted by Gasteiger charge is 2.12. The molecule has 0 saturated heterocycles. The lowest BCUT2D eigenvalue weighted by Gasteiger charge is -1.93. The molecule has 0 aliphatic heterocycles. The first-order chi connectivity index (χ1) is 9.72. The van der Waals surface area contributed by atoms with Crippen LogP contribution < -0.4 is 0 Å². The maximum atomic E-state index is 9.71. The van der Waals surface area contributed by atoms with E-state index in [1.165, 1.54) is 17.6 Å². The van der Waals surface area contributed by atoms with Crippen LogP contribution in [-0.4, -0.2) is 21.3 Å². The van der Waals surface area contributed by atoms with E-state index in [4.69, 9.17) is 16.0 Å². The number of hydrogen-bond acceptors (Lipinski definition) is 6. The van der Waals surface area contributed by atoms with Gasteiger partial charge in [-0.2, -0.15) is 0 Å². The summed E-state index contributed by atoms with van der Waals surface area (Å²) in [5, 5.41) is 12.7. The molecule has 5 nitrogen and oxygen atoms in total. The van der Waals surface area contributed by atoms with Gasteiger partial charge >= 0.3 is 5.95 Å². The van der Waals surface area contributed by atoms with E-state index in [-0.39, 0.29) is 11.6 Å². The zero-order valence-electron chi connectivity index (χ0n) is 10.0. The summed E-state index contributed by atoms with van der Waals surface area (Å²) in [6.07, 6.45) is 3.07. The van der Waals surface area contributed by atoms with Crippen LogP contribution in [0.2, 0.25) is 5.02 Å². The highest BCUT2D eigenvalue weighted by Crippen LogP contribution is 2.27. The maximum Gasteiger partial charge on any atom is 0.312 e. The van der Waals surface area contributed by atoms with Crippen LogP contribution in [0.1, 0.15) is 5.69 Å². The van der Waals surface area contributed by atoms with Crippen molar-refractivity contribution in [3.05, 3.63) is 46.6 Å². The van der Waals surface area contributed by atoms with Crippen molar-refractivity contribution in [1.82, 2.24) is 9.97 Å². The molecule has 0 saturated carbocycles. The van der Waals surface area contributed by atoms with Crippen molar-refractivity contribution < 1.29 is 9.52 Å². The van der Waals surface area contributed by atoms with Crippen LogP contribution in [0.5, 0.6) is 5.95 Å². The van der Waals surface area contributed by atoms with E-state index in [1.54, 1.807) is 30.5 Å². The summed E-state index contributed by atoms with van der Waals surface area (Å²) in [5.74, 6) is 0.0232. The second kappa shape index (κ2) is 5.44. The molecule has 3 aromatic rings. The van der Waals surface area contributed by atoms with Gasteiger partial charge in [0, 0.05) is 22.2 Å². The monoisotopic (exact) mass is 305 g/mol. The van der Waals surface area contributed by atoms with Crippen LogP contribution in [0.15, 0.2) is 45.3 Å². The lowest BCUT2D eigenvalue weighted by Crippen LogP contribution is -1.82. The van der Waals surface area contributed by atoms with Crippen molar-refractivity contribution in [3.63, 3.8) is 0 Å². The highest BCUT2D eigenvalue weighted by molar-refractivity contribution is 7.13. The Morgan fingerprint density at radius 3 is 2.80 bits per heavy atom. The predicted molar refractivity (Wildman–Crippen MR) is 78.0 cm³/mol. The number of aliphatic imine (C=N–C) groups is 1. The normalized spacial score (nSPS) is 11.2. The smallest absolute Gasteiger partial charge is 0.312 e. The van der Waals surface area contributed by atoms with Crippen molar-refractivity contribution in [3.8, 4) is 17.4 Å². The second-order valence-electron chi connectivity index (χ2n) is 3.79. The van der Waals surface area contributed by atoms with Crippen LogP contribution in [0.4, 0.5) is 5.13 Å². The summed E-state index contributed by atoms with van der Waals surface area (Å²) in [7, 11) is 0. The van der Waals surface area contributed by atoms with Crippen molar-refractivity contribution >= 4 is 34.3 Å². The van der Waals surface area contributed by atoms with Gasteiger partial charge in [0.25, 0.3) is 0 Å².